The fraction of sp³-hybridized carbons (Fsp3) is 0.250. The number of aromatic nitrogens is 3. The smallest absolute Gasteiger partial charge is 0.230 e. The fourth-order valence-electron chi connectivity index (χ4n) is 1.61. The molecule has 4 nitrogen and oxygen atoms in total. The summed E-state index contributed by atoms with van der Waals surface area (Å²) in [6.07, 6.45) is 3.09. The second-order valence-corrected chi connectivity index (χ2v) is 4.11. The molecular weight excluding hydrogens is 238 g/mol. The van der Waals surface area contributed by atoms with Crippen molar-refractivity contribution in [3.05, 3.63) is 46.5 Å². The van der Waals surface area contributed by atoms with E-state index in [1.54, 1.807) is 16.9 Å². The molecule has 88 valence electrons. The van der Waals surface area contributed by atoms with Gasteiger partial charge in [-0.3, -0.25) is 14.5 Å². The van der Waals surface area contributed by atoms with Crippen LogP contribution in [0.2, 0.25) is 5.02 Å². The Kier molecular flexibility index (Phi) is 3.24. The zero-order valence-corrected chi connectivity index (χ0v) is 10.4. The summed E-state index contributed by atoms with van der Waals surface area (Å²) >= 11 is 5.98. The number of aryl methyl sites for hydroxylation is 2. The molecule has 0 fully saturated rings. The van der Waals surface area contributed by atoms with Crippen LogP contribution in [0.15, 0.2) is 24.5 Å². The number of carbonyl (C=O) groups excluding carboxylic acids is 1. The highest BCUT2D eigenvalue weighted by Crippen LogP contribution is 2.18. The van der Waals surface area contributed by atoms with Gasteiger partial charge in [0.1, 0.15) is 11.4 Å². The minimum absolute atomic E-state index is 0.196. The molecule has 0 amide bonds. The number of nitrogens with zero attached hydrogens (tertiary/aromatic N) is 3. The predicted octanol–water partition coefficient (Wildman–Crippen LogP) is 2.49. The first kappa shape index (κ1) is 11.8. The first-order valence-corrected chi connectivity index (χ1v) is 5.70. The van der Waals surface area contributed by atoms with Crippen molar-refractivity contribution in [2.75, 3.05) is 0 Å². The average molecular weight is 250 g/mol. The standard InChI is InChI=1S/C12H12ClN3O/c1-3-16-11(9(13)7-15-16)12(17)10-6-8(2)4-5-14-10/h4-7H,3H2,1-2H3. The van der Waals surface area contributed by atoms with Gasteiger partial charge in [-0.05, 0) is 31.5 Å². The van der Waals surface area contributed by atoms with E-state index in [1.807, 2.05) is 19.9 Å². The van der Waals surface area contributed by atoms with Gasteiger partial charge in [-0.1, -0.05) is 11.6 Å². The lowest BCUT2D eigenvalue weighted by molar-refractivity contribution is 0.102. The summed E-state index contributed by atoms with van der Waals surface area (Å²) < 4.78 is 1.58. The van der Waals surface area contributed by atoms with Crippen LogP contribution in [0.3, 0.4) is 0 Å². The Morgan fingerprint density at radius 3 is 2.94 bits per heavy atom. The van der Waals surface area contributed by atoms with Gasteiger partial charge in [0.2, 0.25) is 5.78 Å². The molecule has 0 N–H and O–H groups in total. The molecule has 0 aliphatic heterocycles. The Labute approximate surface area is 104 Å². The van der Waals surface area contributed by atoms with Crippen molar-refractivity contribution in [2.24, 2.45) is 0 Å². The highest BCUT2D eigenvalue weighted by Gasteiger charge is 2.19. The first-order valence-electron chi connectivity index (χ1n) is 5.32. The van der Waals surface area contributed by atoms with Crippen molar-refractivity contribution >= 4 is 17.4 Å². The Balaban J connectivity index is 2.47. The summed E-state index contributed by atoms with van der Waals surface area (Å²) in [5.41, 5.74) is 1.77. The molecule has 0 aliphatic rings. The average Bonchev–Trinajstić information content (AvgIpc) is 2.69. The van der Waals surface area contributed by atoms with Gasteiger partial charge in [0, 0.05) is 12.7 Å². The SMILES string of the molecule is CCn1ncc(Cl)c1C(=O)c1cc(C)ccn1. The number of pyridine rings is 1. The maximum absolute atomic E-state index is 12.3. The van der Waals surface area contributed by atoms with Crippen LogP contribution in [0.1, 0.15) is 28.7 Å². The highest BCUT2D eigenvalue weighted by molar-refractivity contribution is 6.34. The minimum atomic E-state index is -0.196. The van der Waals surface area contributed by atoms with Crippen LogP contribution in [0.5, 0.6) is 0 Å². The zero-order valence-electron chi connectivity index (χ0n) is 9.64. The molecule has 0 saturated heterocycles. The molecule has 0 atom stereocenters. The van der Waals surface area contributed by atoms with E-state index in [4.69, 9.17) is 11.6 Å². The molecule has 0 saturated carbocycles. The molecule has 0 aliphatic carbocycles. The second kappa shape index (κ2) is 4.67. The van der Waals surface area contributed by atoms with Crippen LogP contribution in [0, 0.1) is 6.92 Å². The Hall–Kier alpha value is -1.68. The summed E-state index contributed by atoms with van der Waals surface area (Å²) in [7, 11) is 0. The van der Waals surface area contributed by atoms with Crippen molar-refractivity contribution in [3.8, 4) is 0 Å². The lowest BCUT2D eigenvalue weighted by atomic mass is 10.1. The van der Waals surface area contributed by atoms with E-state index in [9.17, 15) is 4.79 Å². The third kappa shape index (κ3) is 2.22. The van der Waals surface area contributed by atoms with Gasteiger partial charge in [-0.15, -0.1) is 0 Å². The maximum atomic E-state index is 12.3. The topological polar surface area (TPSA) is 47.8 Å². The Bertz CT molecular complexity index is 563. The summed E-state index contributed by atoms with van der Waals surface area (Å²) in [4.78, 5) is 16.3. The van der Waals surface area contributed by atoms with Crippen LogP contribution < -0.4 is 0 Å². The van der Waals surface area contributed by atoms with Crippen LogP contribution in [0.25, 0.3) is 0 Å². The Morgan fingerprint density at radius 2 is 2.29 bits per heavy atom. The van der Waals surface area contributed by atoms with Crippen LogP contribution in [0.4, 0.5) is 0 Å². The van der Waals surface area contributed by atoms with Crippen molar-refractivity contribution in [1.82, 2.24) is 14.8 Å². The van der Waals surface area contributed by atoms with E-state index >= 15 is 0 Å². The van der Waals surface area contributed by atoms with Gasteiger partial charge in [0.25, 0.3) is 0 Å². The second-order valence-electron chi connectivity index (χ2n) is 3.70. The summed E-state index contributed by atoms with van der Waals surface area (Å²) in [6.45, 7) is 4.42. The molecule has 0 bridgehead atoms. The molecule has 2 rings (SSSR count). The summed E-state index contributed by atoms with van der Waals surface area (Å²) in [5.74, 6) is -0.196. The van der Waals surface area contributed by atoms with E-state index in [2.05, 4.69) is 10.1 Å². The van der Waals surface area contributed by atoms with Gasteiger partial charge in [0.15, 0.2) is 0 Å². The third-order valence-electron chi connectivity index (χ3n) is 2.46. The quantitative estimate of drug-likeness (QED) is 0.786. The van der Waals surface area contributed by atoms with Gasteiger partial charge < -0.3 is 0 Å². The van der Waals surface area contributed by atoms with Crippen LogP contribution in [-0.2, 0) is 6.54 Å². The number of rotatable bonds is 3. The van der Waals surface area contributed by atoms with Gasteiger partial charge >= 0.3 is 0 Å². The highest BCUT2D eigenvalue weighted by atomic mass is 35.5. The van der Waals surface area contributed by atoms with Crippen molar-refractivity contribution in [1.29, 1.82) is 0 Å². The van der Waals surface area contributed by atoms with Crippen LogP contribution in [-0.4, -0.2) is 20.5 Å². The molecule has 2 heterocycles. The molecule has 0 aromatic carbocycles. The molecule has 2 aromatic rings. The first-order chi connectivity index (χ1) is 8.13. The van der Waals surface area contributed by atoms with E-state index in [1.165, 1.54) is 6.20 Å². The predicted molar refractivity (Wildman–Crippen MR) is 65.3 cm³/mol. The zero-order chi connectivity index (χ0) is 12.4. The van der Waals surface area contributed by atoms with Crippen molar-refractivity contribution in [2.45, 2.75) is 20.4 Å². The van der Waals surface area contributed by atoms with Crippen LogP contribution >= 0.6 is 11.6 Å². The number of carbonyl (C=O) groups is 1. The molecule has 2 aromatic heterocycles. The van der Waals surface area contributed by atoms with E-state index in [-0.39, 0.29) is 5.78 Å². The third-order valence-corrected chi connectivity index (χ3v) is 2.73. The lowest BCUT2D eigenvalue weighted by Gasteiger charge is -2.04. The molecule has 17 heavy (non-hydrogen) atoms. The fourth-order valence-corrected chi connectivity index (χ4v) is 1.84. The maximum Gasteiger partial charge on any atom is 0.230 e. The normalized spacial score (nSPS) is 10.5. The van der Waals surface area contributed by atoms with Gasteiger partial charge in [-0.25, -0.2) is 0 Å². The van der Waals surface area contributed by atoms with Crippen molar-refractivity contribution < 1.29 is 4.79 Å². The number of halogens is 1. The Morgan fingerprint density at radius 1 is 1.53 bits per heavy atom. The molecule has 0 spiro atoms. The van der Waals surface area contributed by atoms with Gasteiger partial charge in [0.05, 0.1) is 11.2 Å². The van der Waals surface area contributed by atoms with E-state index < -0.39 is 0 Å². The summed E-state index contributed by atoms with van der Waals surface area (Å²) in [5, 5.41) is 4.40. The largest absolute Gasteiger partial charge is 0.285 e. The minimum Gasteiger partial charge on any atom is -0.285 e. The number of hydrogen-bond donors (Lipinski definition) is 0. The molecule has 0 radical (unpaired) electrons. The lowest BCUT2D eigenvalue weighted by Crippen LogP contribution is -2.12. The molecular formula is C12H12ClN3O. The van der Waals surface area contributed by atoms with E-state index in [0.717, 1.165) is 5.56 Å². The molecule has 0 unspecified atom stereocenters. The van der Waals surface area contributed by atoms with Gasteiger partial charge in [-0.2, -0.15) is 5.10 Å². The number of ketones is 1. The van der Waals surface area contributed by atoms with Crippen molar-refractivity contribution in [3.63, 3.8) is 0 Å². The monoisotopic (exact) mass is 249 g/mol. The van der Waals surface area contributed by atoms with E-state index in [0.29, 0.717) is 23.0 Å². The number of hydrogen-bond acceptors (Lipinski definition) is 3. The molecule has 5 heteroatoms. The summed E-state index contributed by atoms with van der Waals surface area (Å²) in [6, 6.07) is 3.58.